The summed E-state index contributed by atoms with van der Waals surface area (Å²) in [5.41, 5.74) is 9.87. The SMILES string of the molecule is Cc1nn(C)cc1C(N)C1=CCCCC1. The first kappa shape index (κ1) is 10.4. The first-order valence-electron chi connectivity index (χ1n) is 5.63. The molecule has 1 aliphatic rings. The van der Waals surface area contributed by atoms with E-state index in [1.165, 1.54) is 30.4 Å². The molecule has 0 spiro atoms. The second kappa shape index (κ2) is 4.19. The van der Waals surface area contributed by atoms with Gasteiger partial charge >= 0.3 is 0 Å². The average Bonchev–Trinajstić information content (AvgIpc) is 2.58. The molecule has 1 aromatic rings. The molecule has 0 radical (unpaired) electrons. The highest BCUT2D eigenvalue weighted by atomic mass is 15.2. The van der Waals surface area contributed by atoms with Crippen LogP contribution in [0.2, 0.25) is 0 Å². The minimum absolute atomic E-state index is 0.0546. The van der Waals surface area contributed by atoms with Crippen molar-refractivity contribution in [2.75, 3.05) is 0 Å². The van der Waals surface area contributed by atoms with E-state index in [0.717, 1.165) is 12.1 Å². The molecule has 2 N–H and O–H groups in total. The maximum absolute atomic E-state index is 6.26. The first-order chi connectivity index (χ1) is 7.18. The summed E-state index contributed by atoms with van der Waals surface area (Å²) in [6.07, 6.45) is 9.26. The van der Waals surface area contributed by atoms with Gasteiger partial charge in [-0.05, 0) is 32.6 Å². The van der Waals surface area contributed by atoms with Crippen molar-refractivity contribution in [2.45, 2.75) is 38.6 Å². The van der Waals surface area contributed by atoms with Gasteiger partial charge in [-0.25, -0.2) is 0 Å². The Labute approximate surface area is 91.0 Å². The predicted molar refractivity (Wildman–Crippen MR) is 61.4 cm³/mol. The summed E-state index contributed by atoms with van der Waals surface area (Å²) in [6, 6.07) is 0.0546. The van der Waals surface area contributed by atoms with Crippen LogP contribution >= 0.6 is 0 Å². The number of nitrogens with zero attached hydrogens (tertiary/aromatic N) is 2. The van der Waals surface area contributed by atoms with Gasteiger partial charge < -0.3 is 5.73 Å². The third-order valence-electron chi connectivity index (χ3n) is 3.11. The summed E-state index contributed by atoms with van der Waals surface area (Å²) >= 11 is 0. The summed E-state index contributed by atoms with van der Waals surface area (Å²) < 4.78 is 1.84. The van der Waals surface area contributed by atoms with E-state index < -0.39 is 0 Å². The Morgan fingerprint density at radius 2 is 2.27 bits per heavy atom. The van der Waals surface area contributed by atoms with Crippen molar-refractivity contribution >= 4 is 0 Å². The lowest BCUT2D eigenvalue weighted by atomic mass is 9.91. The second-order valence-electron chi connectivity index (χ2n) is 4.35. The fraction of sp³-hybridized carbons (Fsp3) is 0.583. The van der Waals surface area contributed by atoms with Gasteiger partial charge in [0.05, 0.1) is 11.7 Å². The third kappa shape index (κ3) is 2.12. The van der Waals surface area contributed by atoms with Gasteiger partial charge in [-0.2, -0.15) is 5.10 Å². The molecule has 0 amide bonds. The lowest BCUT2D eigenvalue weighted by molar-refractivity contribution is 0.647. The van der Waals surface area contributed by atoms with Gasteiger partial charge in [-0.1, -0.05) is 11.6 Å². The minimum Gasteiger partial charge on any atom is -0.320 e. The Hall–Kier alpha value is -1.09. The molecule has 82 valence electrons. The molecular formula is C12H19N3. The van der Waals surface area contributed by atoms with Gasteiger partial charge in [0.1, 0.15) is 0 Å². The van der Waals surface area contributed by atoms with Gasteiger partial charge in [-0.15, -0.1) is 0 Å². The third-order valence-corrected chi connectivity index (χ3v) is 3.11. The molecular weight excluding hydrogens is 186 g/mol. The molecule has 2 rings (SSSR count). The molecule has 0 bridgehead atoms. The Balaban J connectivity index is 2.23. The Morgan fingerprint density at radius 3 is 2.80 bits per heavy atom. The maximum atomic E-state index is 6.26. The normalized spacial score (nSPS) is 18.7. The van der Waals surface area contributed by atoms with Crippen LogP contribution in [0.4, 0.5) is 0 Å². The molecule has 3 nitrogen and oxygen atoms in total. The highest BCUT2D eigenvalue weighted by molar-refractivity contribution is 5.29. The van der Waals surface area contributed by atoms with E-state index in [4.69, 9.17) is 5.73 Å². The summed E-state index contributed by atoms with van der Waals surface area (Å²) in [6.45, 7) is 2.03. The molecule has 0 fully saturated rings. The van der Waals surface area contributed by atoms with Crippen LogP contribution < -0.4 is 5.73 Å². The fourth-order valence-electron chi connectivity index (χ4n) is 2.27. The quantitative estimate of drug-likeness (QED) is 0.752. The molecule has 0 saturated carbocycles. The average molecular weight is 205 g/mol. The van der Waals surface area contributed by atoms with Crippen LogP contribution in [0.1, 0.15) is 43.0 Å². The molecule has 3 heteroatoms. The first-order valence-corrected chi connectivity index (χ1v) is 5.63. The molecule has 0 aliphatic heterocycles. The Kier molecular flexibility index (Phi) is 2.91. The van der Waals surface area contributed by atoms with Crippen molar-refractivity contribution < 1.29 is 0 Å². The second-order valence-corrected chi connectivity index (χ2v) is 4.35. The van der Waals surface area contributed by atoms with Gasteiger partial charge in [0.15, 0.2) is 0 Å². The summed E-state index contributed by atoms with van der Waals surface area (Å²) in [5.74, 6) is 0. The number of hydrogen-bond donors (Lipinski definition) is 1. The van der Waals surface area contributed by atoms with E-state index in [1.54, 1.807) is 0 Å². The molecule has 1 unspecified atom stereocenters. The number of hydrogen-bond acceptors (Lipinski definition) is 2. The van der Waals surface area contributed by atoms with E-state index in [2.05, 4.69) is 11.2 Å². The lowest BCUT2D eigenvalue weighted by Crippen LogP contribution is -2.15. The van der Waals surface area contributed by atoms with Crippen molar-refractivity contribution in [1.82, 2.24) is 9.78 Å². The number of rotatable bonds is 2. The number of aryl methyl sites for hydroxylation is 2. The minimum atomic E-state index is 0.0546. The van der Waals surface area contributed by atoms with E-state index >= 15 is 0 Å². The molecule has 15 heavy (non-hydrogen) atoms. The summed E-state index contributed by atoms with van der Waals surface area (Å²) in [7, 11) is 1.94. The highest BCUT2D eigenvalue weighted by Crippen LogP contribution is 2.28. The van der Waals surface area contributed by atoms with Crippen LogP contribution in [-0.4, -0.2) is 9.78 Å². The largest absolute Gasteiger partial charge is 0.320 e. The standard InChI is InChI=1S/C12H19N3/c1-9-11(8-15(2)14-9)12(13)10-6-4-3-5-7-10/h6,8,12H,3-5,7,13H2,1-2H3. The highest BCUT2D eigenvalue weighted by Gasteiger charge is 2.17. The van der Waals surface area contributed by atoms with E-state index in [-0.39, 0.29) is 6.04 Å². The maximum Gasteiger partial charge on any atom is 0.0644 e. The molecule has 1 aliphatic carbocycles. The van der Waals surface area contributed by atoms with Crippen molar-refractivity contribution in [3.05, 3.63) is 29.1 Å². The van der Waals surface area contributed by atoms with Crippen LogP contribution in [0.5, 0.6) is 0 Å². The zero-order valence-electron chi connectivity index (χ0n) is 9.53. The van der Waals surface area contributed by atoms with Crippen LogP contribution in [0.15, 0.2) is 17.8 Å². The van der Waals surface area contributed by atoms with Crippen molar-refractivity contribution in [1.29, 1.82) is 0 Å². The van der Waals surface area contributed by atoms with Gasteiger partial charge in [-0.3, -0.25) is 4.68 Å². The van der Waals surface area contributed by atoms with E-state index in [0.29, 0.717) is 0 Å². The number of allylic oxidation sites excluding steroid dienone is 1. The van der Waals surface area contributed by atoms with Gasteiger partial charge in [0.2, 0.25) is 0 Å². The Bertz CT molecular complexity index is 376. The van der Waals surface area contributed by atoms with Crippen molar-refractivity contribution in [3.63, 3.8) is 0 Å². The number of aromatic nitrogens is 2. The van der Waals surface area contributed by atoms with Crippen LogP contribution in [0.3, 0.4) is 0 Å². The van der Waals surface area contributed by atoms with E-state index in [9.17, 15) is 0 Å². The molecule has 1 aromatic heterocycles. The Morgan fingerprint density at radius 1 is 1.47 bits per heavy atom. The zero-order chi connectivity index (χ0) is 10.8. The van der Waals surface area contributed by atoms with Gasteiger partial charge in [0.25, 0.3) is 0 Å². The zero-order valence-corrected chi connectivity index (χ0v) is 9.53. The smallest absolute Gasteiger partial charge is 0.0644 e. The molecule has 0 aromatic carbocycles. The fourth-order valence-corrected chi connectivity index (χ4v) is 2.27. The molecule has 1 atom stereocenters. The van der Waals surface area contributed by atoms with Crippen LogP contribution in [0.25, 0.3) is 0 Å². The molecule has 1 heterocycles. The topological polar surface area (TPSA) is 43.8 Å². The van der Waals surface area contributed by atoms with Crippen LogP contribution in [-0.2, 0) is 7.05 Å². The monoisotopic (exact) mass is 205 g/mol. The summed E-state index contributed by atoms with van der Waals surface area (Å²) in [5, 5.41) is 4.34. The number of nitrogens with two attached hydrogens (primary N) is 1. The summed E-state index contributed by atoms with van der Waals surface area (Å²) in [4.78, 5) is 0. The van der Waals surface area contributed by atoms with Crippen molar-refractivity contribution in [2.24, 2.45) is 12.8 Å². The molecule has 0 saturated heterocycles. The van der Waals surface area contributed by atoms with Crippen molar-refractivity contribution in [3.8, 4) is 0 Å². The van der Waals surface area contributed by atoms with Crippen LogP contribution in [0, 0.1) is 6.92 Å². The van der Waals surface area contributed by atoms with Gasteiger partial charge in [0, 0.05) is 18.8 Å². The predicted octanol–water partition coefficient (Wildman–Crippen LogP) is 2.23. The lowest BCUT2D eigenvalue weighted by Gasteiger charge is -2.19. The van der Waals surface area contributed by atoms with E-state index in [1.807, 2.05) is 24.9 Å².